The van der Waals surface area contributed by atoms with Crippen LogP contribution in [0.25, 0.3) is 0 Å². The van der Waals surface area contributed by atoms with Crippen LogP contribution >= 0.6 is 0 Å². The number of aromatic amines is 1. The smallest absolute Gasteiger partial charge is 0.103 e. The first-order valence-corrected chi connectivity index (χ1v) is 6.01. The van der Waals surface area contributed by atoms with Gasteiger partial charge in [-0.2, -0.15) is 0 Å². The zero-order valence-corrected chi connectivity index (χ0v) is 10.5. The summed E-state index contributed by atoms with van der Waals surface area (Å²) in [6.45, 7) is 3.94. The highest BCUT2D eigenvalue weighted by Crippen LogP contribution is 2.35. The average Bonchev–Trinajstić information content (AvgIpc) is 2.55. The molecule has 2 rings (SSSR count). The first-order valence-electron chi connectivity index (χ1n) is 6.01. The third-order valence-corrected chi connectivity index (χ3v) is 3.76. The Bertz CT molecular complexity index is 339. The van der Waals surface area contributed by atoms with E-state index in [0.717, 1.165) is 18.9 Å². The summed E-state index contributed by atoms with van der Waals surface area (Å²) in [5, 5.41) is 3.53. The van der Waals surface area contributed by atoms with Gasteiger partial charge < -0.3 is 15.2 Å². The minimum atomic E-state index is 0.398. The molecule has 4 nitrogen and oxygen atoms in total. The first-order chi connectivity index (χ1) is 7.62. The Hall–Kier alpha value is -0.870. The number of aryl methyl sites for hydroxylation is 1. The number of hydrogen-bond donors (Lipinski definition) is 2. The Morgan fingerprint density at radius 2 is 2.25 bits per heavy atom. The van der Waals surface area contributed by atoms with E-state index in [1.165, 1.54) is 25.0 Å². The van der Waals surface area contributed by atoms with Gasteiger partial charge in [-0.3, -0.25) is 0 Å². The highest BCUT2D eigenvalue weighted by atomic mass is 15.2. The highest BCUT2D eigenvalue weighted by Gasteiger charge is 2.38. The van der Waals surface area contributed by atoms with E-state index in [9.17, 15) is 0 Å². The average molecular weight is 222 g/mol. The molecule has 1 aliphatic rings. The van der Waals surface area contributed by atoms with Crippen LogP contribution in [0.5, 0.6) is 0 Å². The molecule has 0 bridgehead atoms. The van der Waals surface area contributed by atoms with E-state index >= 15 is 0 Å². The van der Waals surface area contributed by atoms with Crippen molar-refractivity contribution < 1.29 is 0 Å². The molecule has 4 heteroatoms. The summed E-state index contributed by atoms with van der Waals surface area (Å²) >= 11 is 0. The molecule has 1 fully saturated rings. The van der Waals surface area contributed by atoms with Gasteiger partial charge in [0.25, 0.3) is 0 Å². The quantitative estimate of drug-likeness (QED) is 0.789. The van der Waals surface area contributed by atoms with Gasteiger partial charge in [0, 0.05) is 30.5 Å². The number of rotatable bonds is 5. The maximum Gasteiger partial charge on any atom is 0.103 e. The Labute approximate surface area is 97.4 Å². The van der Waals surface area contributed by atoms with Crippen molar-refractivity contribution in [2.45, 2.75) is 38.3 Å². The van der Waals surface area contributed by atoms with Gasteiger partial charge in [-0.15, -0.1) is 0 Å². The summed E-state index contributed by atoms with van der Waals surface area (Å²) < 4.78 is 0. The topological polar surface area (TPSA) is 44.0 Å². The van der Waals surface area contributed by atoms with Gasteiger partial charge in [0.05, 0.1) is 0 Å². The Morgan fingerprint density at radius 1 is 1.50 bits per heavy atom. The molecule has 16 heavy (non-hydrogen) atoms. The number of aromatic nitrogens is 2. The van der Waals surface area contributed by atoms with Crippen molar-refractivity contribution in [1.82, 2.24) is 20.2 Å². The van der Waals surface area contributed by atoms with Gasteiger partial charge in [-0.25, -0.2) is 4.98 Å². The summed E-state index contributed by atoms with van der Waals surface area (Å²) in [7, 11) is 4.36. The van der Waals surface area contributed by atoms with Gasteiger partial charge in [-0.05, 0) is 40.3 Å². The maximum atomic E-state index is 4.19. The number of likely N-dealkylation sites (N-methyl/N-ethyl adjacent to an activating group) is 1. The van der Waals surface area contributed by atoms with Gasteiger partial charge in [0.1, 0.15) is 5.82 Å². The molecule has 0 atom stereocenters. The third kappa shape index (κ3) is 2.28. The number of nitrogens with zero attached hydrogens (tertiary/aromatic N) is 2. The predicted molar refractivity (Wildman–Crippen MR) is 65.3 cm³/mol. The molecule has 0 aromatic carbocycles. The Balaban J connectivity index is 1.79. The molecule has 0 saturated heterocycles. The number of imidazole rings is 1. The molecule has 1 aromatic rings. The molecule has 0 unspecified atom stereocenters. The van der Waals surface area contributed by atoms with Crippen LogP contribution in [0.4, 0.5) is 0 Å². The maximum absolute atomic E-state index is 4.19. The highest BCUT2D eigenvalue weighted by molar-refractivity contribution is 5.01. The summed E-state index contributed by atoms with van der Waals surface area (Å²) in [5.41, 5.74) is 1.57. The number of H-pyrrole nitrogens is 1. The van der Waals surface area contributed by atoms with E-state index in [4.69, 9.17) is 0 Å². The van der Waals surface area contributed by atoms with Gasteiger partial charge in [-0.1, -0.05) is 0 Å². The second kappa shape index (κ2) is 4.55. The fraction of sp³-hybridized carbons (Fsp3) is 0.750. The number of hydrogen-bond acceptors (Lipinski definition) is 3. The van der Waals surface area contributed by atoms with Crippen LogP contribution in [0, 0.1) is 6.92 Å². The monoisotopic (exact) mass is 222 g/mol. The lowest BCUT2D eigenvalue weighted by atomic mass is 9.75. The van der Waals surface area contributed by atoms with E-state index in [2.05, 4.69) is 34.3 Å². The van der Waals surface area contributed by atoms with Gasteiger partial charge in [0.2, 0.25) is 0 Å². The van der Waals surface area contributed by atoms with E-state index in [1.54, 1.807) is 0 Å². The van der Waals surface area contributed by atoms with Crippen LogP contribution in [-0.2, 0) is 6.54 Å². The summed E-state index contributed by atoms with van der Waals surface area (Å²) in [5.74, 6) is 0.989. The summed E-state index contributed by atoms with van der Waals surface area (Å²) in [6.07, 6.45) is 5.90. The fourth-order valence-electron chi connectivity index (χ4n) is 2.36. The number of nitrogens with one attached hydrogen (secondary N) is 2. The zero-order valence-electron chi connectivity index (χ0n) is 10.5. The lowest BCUT2D eigenvalue weighted by Crippen LogP contribution is -2.56. The van der Waals surface area contributed by atoms with E-state index in [-0.39, 0.29) is 0 Å². The van der Waals surface area contributed by atoms with Crippen LogP contribution in [0.2, 0.25) is 0 Å². The molecule has 0 spiro atoms. The van der Waals surface area contributed by atoms with E-state index in [0.29, 0.717) is 5.54 Å². The van der Waals surface area contributed by atoms with Crippen LogP contribution in [0.3, 0.4) is 0 Å². The molecular weight excluding hydrogens is 200 g/mol. The predicted octanol–water partition coefficient (Wildman–Crippen LogP) is 1.29. The van der Waals surface area contributed by atoms with Crippen molar-refractivity contribution in [2.75, 3.05) is 20.6 Å². The SMILES string of the molecule is Cc1ncc(CNCC2(N(C)C)CCC2)[nH]1. The second-order valence-corrected chi connectivity index (χ2v) is 5.07. The molecule has 1 saturated carbocycles. The molecule has 2 N–H and O–H groups in total. The van der Waals surface area contributed by atoms with Crippen LogP contribution in [0.1, 0.15) is 30.8 Å². The molecule has 0 aliphatic heterocycles. The van der Waals surface area contributed by atoms with Crippen LogP contribution in [-0.4, -0.2) is 41.0 Å². The molecule has 1 aromatic heterocycles. The summed E-state index contributed by atoms with van der Waals surface area (Å²) in [4.78, 5) is 9.80. The Morgan fingerprint density at radius 3 is 2.69 bits per heavy atom. The largest absolute Gasteiger partial charge is 0.345 e. The van der Waals surface area contributed by atoms with Crippen molar-refractivity contribution in [3.8, 4) is 0 Å². The van der Waals surface area contributed by atoms with Crippen LogP contribution in [0.15, 0.2) is 6.20 Å². The van der Waals surface area contributed by atoms with Crippen molar-refractivity contribution in [2.24, 2.45) is 0 Å². The minimum Gasteiger partial charge on any atom is -0.345 e. The zero-order chi connectivity index (χ0) is 11.6. The lowest BCUT2D eigenvalue weighted by Gasteiger charge is -2.47. The fourth-order valence-corrected chi connectivity index (χ4v) is 2.36. The van der Waals surface area contributed by atoms with Crippen molar-refractivity contribution in [3.63, 3.8) is 0 Å². The Kier molecular flexibility index (Phi) is 3.30. The van der Waals surface area contributed by atoms with Crippen molar-refractivity contribution in [1.29, 1.82) is 0 Å². The lowest BCUT2D eigenvalue weighted by molar-refractivity contribution is 0.0597. The molecule has 1 heterocycles. The van der Waals surface area contributed by atoms with Crippen molar-refractivity contribution >= 4 is 0 Å². The molecule has 0 radical (unpaired) electrons. The molecule has 1 aliphatic carbocycles. The van der Waals surface area contributed by atoms with Gasteiger partial charge >= 0.3 is 0 Å². The standard InChI is InChI=1S/C12H22N4/c1-10-14-8-11(15-10)7-13-9-12(16(2)3)5-4-6-12/h8,13H,4-7,9H2,1-3H3,(H,14,15). The third-order valence-electron chi connectivity index (χ3n) is 3.76. The second-order valence-electron chi connectivity index (χ2n) is 5.07. The van der Waals surface area contributed by atoms with Gasteiger partial charge in [0.15, 0.2) is 0 Å². The van der Waals surface area contributed by atoms with E-state index < -0.39 is 0 Å². The van der Waals surface area contributed by atoms with Crippen LogP contribution < -0.4 is 5.32 Å². The molecule has 90 valence electrons. The minimum absolute atomic E-state index is 0.398. The van der Waals surface area contributed by atoms with Crippen molar-refractivity contribution in [3.05, 3.63) is 17.7 Å². The van der Waals surface area contributed by atoms with E-state index in [1.807, 2.05) is 13.1 Å². The normalized spacial score (nSPS) is 18.8. The molecular formula is C12H22N4. The molecule has 0 amide bonds. The summed E-state index contributed by atoms with van der Waals surface area (Å²) in [6, 6.07) is 0. The first kappa shape index (κ1) is 11.6.